The number of nitrogens with one attached hydrogen (secondary N) is 2. The largest absolute Gasteiger partial charge is 0.495 e. The highest BCUT2D eigenvalue weighted by atomic mass is 16.5. The van der Waals surface area contributed by atoms with Crippen molar-refractivity contribution in [2.75, 3.05) is 7.11 Å². The number of pyridine rings is 1. The summed E-state index contributed by atoms with van der Waals surface area (Å²) >= 11 is 0. The van der Waals surface area contributed by atoms with Gasteiger partial charge in [0.2, 0.25) is 0 Å². The maximum absolute atomic E-state index is 12.8. The third-order valence-electron chi connectivity index (χ3n) is 6.71. The number of ether oxygens (including phenoxy) is 1. The van der Waals surface area contributed by atoms with Gasteiger partial charge in [0, 0.05) is 35.0 Å². The lowest BCUT2D eigenvalue weighted by molar-refractivity contribution is 0.0917. The summed E-state index contributed by atoms with van der Waals surface area (Å²) in [4.78, 5) is 21.1. The van der Waals surface area contributed by atoms with Crippen LogP contribution < -0.4 is 10.1 Å². The molecule has 1 aromatic carbocycles. The Morgan fingerprint density at radius 1 is 1.23 bits per heavy atom. The summed E-state index contributed by atoms with van der Waals surface area (Å²) in [5, 5.41) is 3.24. The molecule has 3 aromatic rings. The summed E-state index contributed by atoms with van der Waals surface area (Å²) in [5.41, 5.74) is 9.02. The monoisotopic (exact) mass is 395 g/mol. The third-order valence-corrected chi connectivity index (χ3v) is 6.71. The highest BCUT2D eigenvalue weighted by Crippen LogP contribution is 2.45. The number of benzene rings is 1. The number of terminal acetylenes is 1. The minimum absolute atomic E-state index is 0.00150. The molecular formula is C25H21N3O2. The predicted molar refractivity (Wildman–Crippen MR) is 114 cm³/mol. The second kappa shape index (κ2) is 5.99. The Morgan fingerprint density at radius 3 is 2.87 bits per heavy atom. The van der Waals surface area contributed by atoms with Gasteiger partial charge in [0.25, 0.3) is 5.91 Å². The molecule has 2 N–H and O–H groups in total. The summed E-state index contributed by atoms with van der Waals surface area (Å²) in [6, 6.07) is 7.90. The fourth-order valence-electron chi connectivity index (χ4n) is 4.93. The van der Waals surface area contributed by atoms with Gasteiger partial charge in [-0.1, -0.05) is 5.92 Å². The first-order valence-corrected chi connectivity index (χ1v) is 10.3. The minimum atomic E-state index is -0.00150. The van der Waals surface area contributed by atoms with Crippen molar-refractivity contribution in [3.05, 3.63) is 58.4 Å². The van der Waals surface area contributed by atoms with Crippen molar-refractivity contribution in [1.82, 2.24) is 15.3 Å². The van der Waals surface area contributed by atoms with Gasteiger partial charge in [-0.05, 0) is 61.1 Å². The van der Waals surface area contributed by atoms with E-state index in [1.54, 1.807) is 7.11 Å². The number of methoxy groups -OCH3 is 1. The Labute approximate surface area is 174 Å². The number of carbonyl (C=O) groups is 1. The van der Waals surface area contributed by atoms with Gasteiger partial charge in [-0.3, -0.25) is 9.78 Å². The number of H-pyrrole nitrogens is 1. The van der Waals surface area contributed by atoms with E-state index in [9.17, 15) is 4.79 Å². The van der Waals surface area contributed by atoms with Gasteiger partial charge < -0.3 is 15.0 Å². The number of nitrogens with zero attached hydrogens (tertiary/aromatic N) is 1. The van der Waals surface area contributed by atoms with E-state index in [1.165, 1.54) is 5.56 Å². The standard InChI is InChI=1S/C25H21N3O2/c1-3-14-10-15(5-7-21(14)30-2)19-11-18-16(13-26-19)4-6-17-22-20(27-23(17)18)12-25(8-9-25)28-24(22)29/h1,5,7,10-11,13,27H,4,6,8-9,12H2,2H3,(H,28,29). The minimum Gasteiger partial charge on any atom is -0.495 e. The van der Waals surface area contributed by atoms with Crippen LogP contribution in [0.25, 0.3) is 22.5 Å². The lowest BCUT2D eigenvalue weighted by Crippen LogP contribution is -2.43. The molecule has 1 amide bonds. The smallest absolute Gasteiger partial charge is 0.253 e. The van der Waals surface area contributed by atoms with E-state index in [4.69, 9.17) is 16.1 Å². The van der Waals surface area contributed by atoms with E-state index >= 15 is 0 Å². The fraction of sp³-hybridized carbons (Fsp3) is 0.280. The molecule has 5 heteroatoms. The normalized spacial score (nSPS) is 17.4. The molecule has 1 saturated carbocycles. The number of carbonyl (C=O) groups excluding carboxylic acids is 1. The van der Waals surface area contributed by atoms with Crippen LogP contribution in [0.15, 0.2) is 30.5 Å². The molecule has 30 heavy (non-hydrogen) atoms. The van der Waals surface area contributed by atoms with Crippen LogP contribution in [0, 0.1) is 12.3 Å². The van der Waals surface area contributed by atoms with Crippen LogP contribution in [0.4, 0.5) is 0 Å². The highest BCUT2D eigenvalue weighted by Gasteiger charge is 2.49. The van der Waals surface area contributed by atoms with E-state index < -0.39 is 0 Å². The zero-order valence-corrected chi connectivity index (χ0v) is 16.8. The molecule has 3 aliphatic rings. The first-order chi connectivity index (χ1) is 14.6. The molecule has 0 saturated heterocycles. The Bertz CT molecular complexity index is 1270. The van der Waals surface area contributed by atoms with Gasteiger partial charge >= 0.3 is 0 Å². The van der Waals surface area contributed by atoms with Crippen LogP contribution in [0.2, 0.25) is 0 Å². The van der Waals surface area contributed by atoms with Crippen LogP contribution in [0.1, 0.15) is 45.6 Å². The van der Waals surface area contributed by atoms with Gasteiger partial charge in [-0.25, -0.2) is 0 Å². The summed E-state index contributed by atoms with van der Waals surface area (Å²) in [6.07, 6.45) is 12.4. The first-order valence-electron chi connectivity index (χ1n) is 10.3. The molecule has 3 heterocycles. The van der Waals surface area contributed by atoms with Crippen molar-refractivity contribution >= 4 is 5.91 Å². The number of aryl methyl sites for hydroxylation is 1. The molecule has 1 aliphatic heterocycles. The van der Waals surface area contributed by atoms with Crippen molar-refractivity contribution in [2.45, 2.75) is 37.6 Å². The predicted octanol–water partition coefficient (Wildman–Crippen LogP) is 3.65. The maximum atomic E-state index is 12.8. The van der Waals surface area contributed by atoms with Crippen LogP contribution in [-0.2, 0) is 19.3 Å². The second-order valence-electron chi connectivity index (χ2n) is 8.53. The average molecular weight is 395 g/mol. The molecule has 6 rings (SSSR count). The summed E-state index contributed by atoms with van der Waals surface area (Å²) < 4.78 is 5.34. The Kier molecular flexibility index (Phi) is 3.47. The third kappa shape index (κ3) is 2.43. The summed E-state index contributed by atoms with van der Waals surface area (Å²) in [7, 11) is 1.61. The summed E-state index contributed by atoms with van der Waals surface area (Å²) in [6.45, 7) is 0. The average Bonchev–Trinajstić information content (AvgIpc) is 3.39. The van der Waals surface area contributed by atoms with Crippen LogP contribution in [0.3, 0.4) is 0 Å². The number of aromatic nitrogens is 2. The van der Waals surface area contributed by atoms with Crippen molar-refractivity contribution in [3.63, 3.8) is 0 Å². The van der Waals surface area contributed by atoms with Crippen molar-refractivity contribution < 1.29 is 9.53 Å². The van der Waals surface area contributed by atoms with Crippen molar-refractivity contribution in [2.24, 2.45) is 0 Å². The van der Waals surface area contributed by atoms with Gasteiger partial charge in [-0.2, -0.15) is 0 Å². The number of rotatable bonds is 2. The molecule has 5 nitrogen and oxygen atoms in total. The number of hydrogen-bond acceptors (Lipinski definition) is 3. The molecule has 2 aliphatic carbocycles. The quantitative estimate of drug-likeness (QED) is 0.651. The van der Waals surface area contributed by atoms with E-state index in [-0.39, 0.29) is 11.4 Å². The zero-order valence-electron chi connectivity index (χ0n) is 16.8. The van der Waals surface area contributed by atoms with Gasteiger partial charge in [0.05, 0.1) is 29.6 Å². The SMILES string of the molecule is C#Cc1cc(-c2cc3c(cn2)CCc2c-3[nH]c3c2C(=O)NC2(CC2)C3)ccc1OC. The lowest BCUT2D eigenvalue weighted by Gasteiger charge is -2.24. The molecule has 0 radical (unpaired) electrons. The molecule has 1 fully saturated rings. The van der Waals surface area contributed by atoms with Crippen molar-refractivity contribution in [1.29, 1.82) is 0 Å². The molecule has 2 aromatic heterocycles. The lowest BCUT2D eigenvalue weighted by atomic mass is 9.87. The van der Waals surface area contributed by atoms with Crippen LogP contribution in [-0.4, -0.2) is 28.5 Å². The maximum Gasteiger partial charge on any atom is 0.253 e. The Morgan fingerprint density at radius 2 is 2.10 bits per heavy atom. The molecule has 0 unspecified atom stereocenters. The van der Waals surface area contributed by atoms with Crippen LogP contribution in [0.5, 0.6) is 5.75 Å². The molecule has 0 atom stereocenters. The van der Waals surface area contributed by atoms with Gasteiger partial charge in [0.1, 0.15) is 5.75 Å². The topological polar surface area (TPSA) is 67.0 Å². The van der Waals surface area contributed by atoms with E-state index in [0.29, 0.717) is 11.3 Å². The molecule has 1 spiro atoms. The van der Waals surface area contributed by atoms with E-state index in [0.717, 1.165) is 71.4 Å². The van der Waals surface area contributed by atoms with E-state index in [1.807, 2.05) is 24.4 Å². The summed E-state index contributed by atoms with van der Waals surface area (Å²) in [5.74, 6) is 3.44. The van der Waals surface area contributed by atoms with E-state index in [2.05, 4.69) is 22.3 Å². The highest BCUT2D eigenvalue weighted by molar-refractivity contribution is 6.01. The molecular weight excluding hydrogens is 374 g/mol. The number of hydrogen-bond donors (Lipinski definition) is 2. The number of amides is 1. The van der Waals surface area contributed by atoms with Gasteiger partial charge in [-0.15, -0.1) is 6.42 Å². The molecule has 0 bridgehead atoms. The van der Waals surface area contributed by atoms with Gasteiger partial charge in [0.15, 0.2) is 0 Å². The number of aromatic amines is 1. The fourth-order valence-corrected chi connectivity index (χ4v) is 4.93. The van der Waals surface area contributed by atoms with Crippen molar-refractivity contribution in [3.8, 4) is 40.6 Å². The van der Waals surface area contributed by atoms with Crippen LogP contribution >= 0.6 is 0 Å². The Balaban J connectivity index is 1.47. The first kappa shape index (κ1) is 17.3. The molecule has 148 valence electrons. The second-order valence-corrected chi connectivity index (χ2v) is 8.53. The zero-order chi connectivity index (χ0) is 20.5. The number of fused-ring (bicyclic) bond motifs is 5. The Hall–Kier alpha value is -3.52.